The molecule has 28 heavy (non-hydrogen) atoms. The second-order valence-electron chi connectivity index (χ2n) is 7.91. The number of hydrogen-bond acceptors (Lipinski definition) is 3. The van der Waals surface area contributed by atoms with Gasteiger partial charge in [0, 0.05) is 11.3 Å². The number of imide groups is 1. The zero-order chi connectivity index (χ0) is 19.4. The van der Waals surface area contributed by atoms with Crippen molar-refractivity contribution in [3.8, 4) is 0 Å². The minimum absolute atomic E-state index is 0.127. The zero-order valence-corrected chi connectivity index (χ0v) is 15.1. The maximum Gasteiger partial charge on any atom is 0.255 e. The van der Waals surface area contributed by atoms with Crippen LogP contribution in [0, 0.1) is 29.5 Å². The van der Waals surface area contributed by atoms with Crippen molar-refractivity contribution in [2.75, 3.05) is 10.2 Å². The van der Waals surface area contributed by atoms with Crippen LogP contribution in [0.5, 0.6) is 0 Å². The molecule has 6 heteroatoms. The zero-order valence-electron chi connectivity index (χ0n) is 15.1. The summed E-state index contributed by atoms with van der Waals surface area (Å²) in [6, 6.07) is 12.0. The molecule has 5 nitrogen and oxygen atoms in total. The lowest BCUT2D eigenvalue weighted by Gasteiger charge is -2.19. The Morgan fingerprint density at radius 2 is 1.61 bits per heavy atom. The summed E-state index contributed by atoms with van der Waals surface area (Å²) in [6.07, 6.45) is 3.04. The maximum absolute atomic E-state index is 13.0. The molecule has 2 aromatic rings. The lowest BCUT2D eigenvalue weighted by atomic mass is 9.81. The molecule has 5 rings (SSSR count). The summed E-state index contributed by atoms with van der Waals surface area (Å²) in [5.74, 6) is -0.760. The minimum atomic E-state index is -0.384. The standard InChI is InChI=1S/C22H19FN2O3/c23-15-6-8-16(9-7-15)24-20(26)14-2-1-3-17(11-14)25-21(27)18-12-4-5-13(10-12)19(18)22(25)28/h1-3,6-9,11-13,18-19H,4-5,10H2,(H,24,26)/t12-,13-,18-,19+/m0/s1. The van der Waals surface area contributed by atoms with Gasteiger partial charge in [0.2, 0.25) is 11.8 Å². The Morgan fingerprint density at radius 3 is 2.25 bits per heavy atom. The molecule has 142 valence electrons. The molecule has 1 N–H and O–H groups in total. The number of anilines is 2. The molecule has 1 saturated heterocycles. The van der Waals surface area contributed by atoms with Gasteiger partial charge in [-0.25, -0.2) is 4.39 Å². The fourth-order valence-corrected chi connectivity index (χ4v) is 5.19. The smallest absolute Gasteiger partial charge is 0.255 e. The Kier molecular flexibility index (Phi) is 3.82. The van der Waals surface area contributed by atoms with Gasteiger partial charge >= 0.3 is 0 Å². The molecule has 0 spiro atoms. The lowest BCUT2D eigenvalue weighted by Crippen LogP contribution is -2.33. The molecule has 2 aliphatic carbocycles. The number of carbonyl (C=O) groups is 3. The van der Waals surface area contributed by atoms with Gasteiger partial charge in [0.05, 0.1) is 17.5 Å². The van der Waals surface area contributed by atoms with Crippen LogP contribution in [-0.4, -0.2) is 17.7 Å². The van der Waals surface area contributed by atoms with Gasteiger partial charge in [0.15, 0.2) is 0 Å². The molecule has 3 fully saturated rings. The van der Waals surface area contributed by atoms with Crippen LogP contribution in [0.1, 0.15) is 29.6 Å². The topological polar surface area (TPSA) is 66.5 Å². The van der Waals surface area contributed by atoms with Crippen molar-refractivity contribution in [3.05, 3.63) is 59.9 Å². The van der Waals surface area contributed by atoms with Crippen LogP contribution in [0.4, 0.5) is 15.8 Å². The van der Waals surface area contributed by atoms with Gasteiger partial charge in [-0.3, -0.25) is 19.3 Å². The molecule has 2 aromatic carbocycles. The van der Waals surface area contributed by atoms with E-state index in [1.54, 1.807) is 24.3 Å². The molecular formula is C22H19FN2O3. The first-order chi connectivity index (χ1) is 13.5. The van der Waals surface area contributed by atoms with Crippen LogP contribution in [0.3, 0.4) is 0 Å². The lowest BCUT2D eigenvalue weighted by molar-refractivity contribution is -0.123. The van der Waals surface area contributed by atoms with Crippen molar-refractivity contribution in [2.24, 2.45) is 23.7 Å². The van der Waals surface area contributed by atoms with Crippen LogP contribution in [0.15, 0.2) is 48.5 Å². The predicted octanol–water partition coefficient (Wildman–Crippen LogP) is 3.61. The van der Waals surface area contributed by atoms with Crippen LogP contribution in [0.25, 0.3) is 0 Å². The molecule has 0 unspecified atom stereocenters. The molecule has 3 amide bonds. The summed E-state index contributed by atoms with van der Waals surface area (Å²) < 4.78 is 13.0. The molecule has 2 saturated carbocycles. The van der Waals surface area contributed by atoms with Crippen molar-refractivity contribution in [2.45, 2.75) is 19.3 Å². The van der Waals surface area contributed by atoms with Gasteiger partial charge < -0.3 is 5.32 Å². The van der Waals surface area contributed by atoms with Gasteiger partial charge in [-0.2, -0.15) is 0 Å². The van der Waals surface area contributed by atoms with Crippen molar-refractivity contribution < 1.29 is 18.8 Å². The Bertz CT molecular complexity index is 960. The van der Waals surface area contributed by atoms with E-state index in [2.05, 4.69) is 5.32 Å². The van der Waals surface area contributed by atoms with E-state index in [9.17, 15) is 18.8 Å². The number of fused-ring (bicyclic) bond motifs is 5. The van der Waals surface area contributed by atoms with Gasteiger partial charge in [-0.05, 0) is 73.6 Å². The van der Waals surface area contributed by atoms with E-state index in [4.69, 9.17) is 0 Å². The average molecular weight is 378 g/mol. The van der Waals surface area contributed by atoms with Crippen molar-refractivity contribution >= 4 is 29.1 Å². The third-order valence-electron chi connectivity index (χ3n) is 6.40. The van der Waals surface area contributed by atoms with E-state index in [0.29, 0.717) is 28.8 Å². The first-order valence-corrected chi connectivity index (χ1v) is 9.58. The van der Waals surface area contributed by atoms with Crippen LogP contribution in [0.2, 0.25) is 0 Å². The number of nitrogens with one attached hydrogen (secondary N) is 1. The minimum Gasteiger partial charge on any atom is -0.322 e. The molecule has 0 aromatic heterocycles. The fourth-order valence-electron chi connectivity index (χ4n) is 5.19. The number of carbonyl (C=O) groups excluding carboxylic acids is 3. The largest absolute Gasteiger partial charge is 0.322 e. The van der Waals surface area contributed by atoms with E-state index in [1.165, 1.54) is 29.2 Å². The van der Waals surface area contributed by atoms with E-state index >= 15 is 0 Å². The van der Waals surface area contributed by atoms with Gasteiger partial charge in [-0.1, -0.05) is 6.07 Å². The van der Waals surface area contributed by atoms with Crippen molar-refractivity contribution in [3.63, 3.8) is 0 Å². The summed E-state index contributed by atoms with van der Waals surface area (Å²) in [4.78, 5) is 39.7. The van der Waals surface area contributed by atoms with Crippen LogP contribution >= 0.6 is 0 Å². The van der Waals surface area contributed by atoms with Gasteiger partial charge in [0.1, 0.15) is 5.82 Å². The Balaban J connectivity index is 1.40. The molecule has 4 atom stereocenters. The molecule has 1 heterocycles. The third kappa shape index (κ3) is 2.55. The van der Waals surface area contributed by atoms with Crippen molar-refractivity contribution in [1.29, 1.82) is 0 Å². The van der Waals surface area contributed by atoms with Gasteiger partial charge in [-0.15, -0.1) is 0 Å². The second kappa shape index (κ2) is 6.26. The van der Waals surface area contributed by atoms with Gasteiger partial charge in [0.25, 0.3) is 5.91 Å². The van der Waals surface area contributed by atoms with Crippen molar-refractivity contribution in [1.82, 2.24) is 0 Å². The highest BCUT2D eigenvalue weighted by Crippen LogP contribution is 2.56. The number of nitrogens with zero attached hydrogens (tertiary/aromatic N) is 1. The summed E-state index contributed by atoms with van der Waals surface area (Å²) in [6.45, 7) is 0. The fraction of sp³-hybridized carbons (Fsp3) is 0.318. The van der Waals surface area contributed by atoms with E-state index in [0.717, 1.165) is 19.3 Å². The molecule has 0 radical (unpaired) electrons. The van der Waals surface area contributed by atoms with E-state index in [1.807, 2.05) is 0 Å². The Morgan fingerprint density at radius 1 is 0.964 bits per heavy atom. The van der Waals surface area contributed by atoms with Crippen LogP contribution in [-0.2, 0) is 9.59 Å². The molecule has 2 bridgehead atoms. The molecule has 3 aliphatic rings. The SMILES string of the molecule is O=C(Nc1ccc(F)cc1)c1cccc(N2C(=O)[C@@H]3[C@H]4CC[C@@H](C4)[C@@H]3C2=O)c1. The quantitative estimate of drug-likeness (QED) is 0.830. The molecular weight excluding hydrogens is 359 g/mol. The summed E-state index contributed by atoms with van der Waals surface area (Å²) >= 11 is 0. The normalized spacial score (nSPS) is 28.0. The number of halogens is 1. The highest BCUT2D eigenvalue weighted by atomic mass is 19.1. The summed E-state index contributed by atoms with van der Waals surface area (Å²) in [5, 5.41) is 2.70. The maximum atomic E-state index is 13.0. The highest BCUT2D eigenvalue weighted by molar-refractivity contribution is 6.23. The molecule has 1 aliphatic heterocycles. The number of benzene rings is 2. The predicted molar refractivity (Wildman–Crippen MR) is 101 cm³/mol. The highest BCUT2D eigenvalue weighted by Gasteiger charge is 2.61. The average Bonchev–Trinajstić information content (AvgIpc) is 3.37. The summed E-state index contributed by atoms with van der Waals surface area (Å²) in [5.41, 5.74) is 1.24. The first kappa shape index (κ1) is 17.1. The van der Waals surface area contributed by atoms with E-state index < -0.39 is 0 Å². The third-order valence-corrected chi connectivity index (χ3v) is 6.40. The second-order valence-corrected chi connectivity index (χ2v) is 7.91. The summed E-state index contributed by atoms with van der Waals surface area (Å²) in [7, 11) is 0. The van der Waals surface area contributed by atoms with E-state index in [-0.39, 0.29) is 35.4 Å². The Labute approximate surface area is 161 Å². The number of rotatable bonds is 3. The Hall–Kier alpha value is -3.02. The monoisotopic (exact) mass is 378 g/mol. The first-order valence-electron chi connectivity index (χ1n) is 9.58. The van der Waals surface area contributed by atoms with Crippen LogP contribution < -0.4 is 10.2 Å². The number of amides is 3. The number of hydrogen-bond donors (Lipinski definition) is 1.